The molecule has 2 heterocycles. The lowest BCUT2D eigenvalue weighted by molar-refractivity contribution is -0.212. The van der Waals surface area contributed by atoms with E-state index < -0.39 is 23.7 Å². The van der Waals surface area contributed by atoms with Crippen LogP contribution in [-0.2, 0) is 9.53 Å². The lowest BCUT2D eigenvalue weighted by Crippen LogP contribution is -2.60. The Morgan fingerprint density at radius 2 is 2.04 bits per heavy atom. The molecule has 2 atom stereocenters. The highest BCUT2D eigenvalue weighted by atomic mass is 16.5. The summed E-state index contributed by atoms with van der Waals surface area (Å²) in [6, 6.07) is 6.59. The van der Waals surface area contributed by atoms with E-state index in [1.165, 1.54) is 0 Å². The van der Waals surface area contributed by atoms with Gasteiger partial charge in [-0.15, -0.1) is 0 Å². The standard InChI is InChI=1S/C18H24N2O6/c19-15(22)11-25-13-3-1-2-12(10-13)17(24)20-7-5-18(6-8-20)16(23)14(21)4-9-26-18/h1-3,10,14,16,21,23H,4-9,11H2,(H2,19,22)/t14-,16-/m0/s1. The van der Waals surface area contributed by atoms with Gasteiger partial charge in [0.05, 0.1) is 18.3 Å². The van der Waals surface area contributed by atoms with Gasteiger partial charge in [-0.3, -0.25) is 9.59 Å². The predicted octanol–water partition coefficient (Wildman–Crippen LogP) is -0.332. The third-order valence-corrected chi connectivity index (χ3v) is 5.07. The van der Waals surface area contributed by atoms with Crippen molar-refractivity contribution in [3.05, 3.63) is 29.8 Å². The third kappa shape index (κ3) is 3.82. The van der Waals surface area contributed by atoms with Crippen molar-refractivity contribution < 1.29 is 29.3 Å². The number of amides is 2. The lowest BCUT2D eigenvalue weighted by Gasteiger charge is -2.48. The average Bonchev–Trinajstić information content (AvgIpc) is 2.65. The maximum absolute atomic E-state index is 12.7. The summed E-state index contributed by atoms with van der Waals surface area (Å²) in [6.45, 7) is 1.01. The summed E-state index contributed by atoms with van der Waals surface area (Å²) in [7, 11) is 0. The lowest BCUT2D eigenvalue weighted by atomic mass is 9.80. The van der Waals surface area contributed by atoms with Crippen molar-refractivity contribution in [2.75, 3.05) is 26.3 Å². The number of aliphatic hydroxyl groups is 2. The van der Waals surface area contributed by atoms with Gasteiger partial charge in [-0.1, -0.05) is 6.07 Å². The van der Waals surface area contributed by atoms with Crippen LogP contribution in [0, 0.1) is 0 Å². The molecule has 8 heteroatoms. The normalized spacial score (nSPS) is 25.1. The Hall–Kier alpha value is -2.16. The van der Waals surface area contributed by atoms with Gasteiger partial charge in [0.1, 0.15) is 11.9 Å². The van der Waals surface area contributed by atoms with Gasteiger partial charge in [0, 0.05) is 18.7 Å². The van der Waals surface area contributed by atoms with E-state index >= 15 is 0 Å². The van der Waals surface area contributed by atoms with Crippen molar-refractivity contribution in [1.82, 2.24) is 4.90 Å². The number of carbonyl (C=O) groups excluding carboxylic acids is 2. The number of piperidine rings is 1. The van der Waals surface area contributed by atoms with Gasteiger partial charge in [-0.2, -0.15) is 0 Å². The number of aliphatic hydroxyl groups excluding tert-OH is 2. The Labute approximate surface area is 151 Å². The third-order valence-electron chi connectivity index (χ3n) is 5.07. The molecule has 8 nitrogen and oxygen atoms in total. The molecule has 142 valence electrons. The van der Waals surface area contributed by atoms with Crippen LogP contribution in [-0.4, -0.2) is 71.0 Å². The number of likely N-dealkylation sites (tertiary alicyclic amines) is 1. The Morgan fingerprint density at radius 1 is 1.31 bits per heavy atom. The van der Waals surface area contributed by atoms with E-state index in [-0.39, 0.29) is 12.5 Å². The first-order valence-corrected chi connectivity index (χ1v) is 8.72. The fraction of sp³-hybridized carbons (Fsp3) is 0.556. The van der Waals surface area contributed by atoms with Gasteiger partial charge in [0.15, 0.2) is 6.61 Å². The van der Waals surface area contributed by atoms with Crippen LogP contribution in [0.1, 0.15) is 29.6 Å². The van der Waals surface area contributed by atoms with Crippen LogP contribution >= 0.6 is 0 Å². The minimum Gasteiger partial charge on any atom is -0.484 e. The molecule has 2 amide bonds. The van der Waals surface area contributed by atoms with E-state index in [1.807, 2.05) is 0 Å². The number of rotatable bonds is 4. The minimum atomic E-state index is -0.931. The second-order valence-corrected chi connectivity index (χ2v) is 6.79. The van der Waals surface area contributed by atoms with E-state index in [1.54, 1.807) is 29.2 Å². The number of nitrogens with two attached hydrogens (primary N) is 1. The SMILES string of the molecule is NC(=O)COc1cccc(C(=O)N2CCC3(CC2)OCC[C@H](O)[C@@H]3O)c1. The first-order chi connectivity index (χ1) is 12.4. The molecule has 4 N–H and O–H groups in total. The highest BCUT2D eigenvalue weighted by Crippen LogP contribution is 2.35. The van der Waals surface area contributed by atoms with E-state index in [9.17, 15) is 19.8 Å². The van der Waals surface area contributed by atoms with Crippen molar-refractivity contribution >= 4 is 11.8 Å². The van der Waals surface area contributed by atoms with Gasteiger partial charge < -0.3 is 30.3 Å². The van der Waals surface area contributed by atoms with Crippen LogP contribution in [0.5, 0.6) is 5.75 Å². The minimum absolute atomic E-state index is 0.157. The first-order valence-electron chi connectivity index (χ1n) is 8.72. The van der Waals surface area contributed by atoms with Crippen LogP contribution in [0.4, 0.5) is 0 Å². The Balaban J connectivity index is 1.63. The van der Waals surface area contributed by atoms with Gasteiger partial charge >= 0.3 is 0 Å². The second-order valence-electron chi connectivity index (χ2n) is 6.79. The van der Waals surface area contributed by atoms with E-state index in [2.05, 4.69) is 0 Å². The van der Waals surface area contributed by atoms with Crippen LogP contribution in [0.25, 0.3) is 0 Å². The Kier molecular flexibility index (Phi) is 5.45. The van der Waals surface area contributed by atoms with Crippen molar-refractivity contribution in [2.45, 2.75) is 37.1 Å². The molecule has 0 aliphatic carbocycles. The summed E-state index contributed by atoms with van der Waals surface area (Å²) in [6.07, 6.45) is -0.364. The molecule has 2 fully saturated rings. The molecule has 2 saturated heterocycles. The summed E-state index contributed by atoms with van der Waals surface area (Å²) >= 11 is 0. The highest BCUT2D eigenvalue weighted by molar-refractivity contribution is 5.94. The summed E-state index contributed by atoms with van der Waals surface area (Å²) in [5.41, 5.74) is 4.73. The molecule has 0 saturated carbocycles. The molecule has 2 aliphatic rings. The molecule has 2 aliphatic heterocycles. The number of hydrogen-bond donors (Lipinski definition) is 3. The Bertz CT molecular complexity index is 671. The molecule has 1 aromatic carbocycles. The molecule has 3 rings (SSSR count). The molecule has 0 radical (unpaired) electrons. The number of nitrogens with zero attached hydrogens (tertiary/aromatic N) is 1. The van der Waals surface area contributed by atoms with Crippen LogP contribution in [0.3, 0.4) is 0 Å². The summed E-state index contributed by atoms with van der Waals surface area (Å²) in [4.78, 5) is 25.2. The number of hydrogen-bond acceptors (Lipinski definition) is 6. The van der Waals surface area contributed by atoms with Crippen molar-refractivity contribution in [3.63, 3.8) is 0 Å². The summed E-state index contributed by atoms with van der Waals surface area (Å²) < 4.78 is 11.0. The van der Waals surface area contributed by atoms with Crippen LogP contribution in [0.15, 0.2) is 24.3 Å². The zero-order valence-corrected chi connectivity index (χ0v) is 14.5. The maximum atomic E-state index is 12.7. The van der Waals surface area contributed by atoms with Gasteiger partial charge in [-0.05, 0) is 37.5 Å². The van der Waals surface area contributed by atoms with E-state index in [4.69, 9.17) is 15.2 Å². The largest absolute Gasteiger partial charge is 0.484 e. The zero-order valence-electron chi connectivity index (χ0n) is 14.5. The number of primary amides is 1. The van der Waals surface area contributed by atoms with E-state index in [0.717, 1.165) is 0 Å². The quantitative estimate of drug-likeness (QED) is 0.672. The van der Waals surface area contributed by atoms with Gasteiger partial charge in [0.2, 0.25) is 0 Å². The van der Waals surface area contributed by atoms with Crippen LogP contribution in [0.2, 0.25) is 0 Å². The van der Waals surface area contributed by atoms with Gasteiger partial charge in [0.25, 0.3) is 11.8 Å². The molecule has 0 aromatic heterocycles. The van der Waals surface area contributed by atoms with Crippen molar-refractivity contribution in [3.8, 4) is 5.75 Å². The number of carbonyl (C=O) groups is 2. The summed E-state index contributed by atoms with van der Waals surface area (Å²) in [5, 5.41) is 20.2. The predicted molar refractivity (Wildman–Crippen MR) is 91.6 cm³/mol. The molecule has 0 bridgehead atoms. The topological polar surface area (TPSA) is 122 Å². The van der Waals surface area contributed by atoms with Crippen LogP contribution < -0.4 is 10.5 Å². The fourth-order valence-electron chi connectivity index (χ4n) is 3.56. The van der Waals surface area contributed by atoms with Crippen molar-refractivity contribution in [2.24, 2.45) is 5.73 Å². The number of benzene rings is 1. The monoisotopic (exact) mass is 364 g/mol. The highest BCUT2D eigenvalue weighted by Gasteiger charge is 2.48. The first kappa shape index (κ1) is 18.6. The molecule has 26 heavy (non-hydrogen) atoms. The second kappa shape index (κ2) is 7.61. The van der Waals surface area contributed by atoms with Crippen molar-refractivity contribution in [1.29, 1.82) is 0 Å². The molecule has 0 unspecified atom stereocenters. The zero-order chi connectivity index (χ0) is 18.7. The van der Waals surface area contributed by atoms with Gasteiger partial charge in [-0.25, -0.2) is 0 Å². The fourth-order valence-corrected chi connectivity index (χ4v) is 3.56. The smallest absolute Gasteiger partial charge is 0.255 e. The van der Waals surface area contributed by atoms with E-state index in [0.29, 0.717) is 50.3 Å². The average molecular weight is 364 g/mol. The molecular formula is C18H24N2O6. The Morgan fingerprint density at radius 3 is 2.73 bits per heavy atom. The summed E-state index contributed by atoms with van der Waals surface area (Å²) in [5.74, 6) is -0.344. The number of ether oxygens (including phenoxy) is 2. The maximum Gasteiger partial charge on any atom is 0.255 e. The molecular weight excluding hydrogens is 340 g/mol. The molecule has 1 spiro atoms. The molecule has 1 aromatic rings.